The molecule has 0 aliphatic heterocycles. The Bertz CT molecular complexity index is 1370. The summed E-state index contributed by atoms with van der Waals surface area (Å²) in [6, 6.07) is 7.57. The van der Waals surface area contributed by atoms with Gasteiger partial charge in [0.15, 0.2) is 0 Å². The van der Waals surface area contributed by atoms with E-state index in [-0.39, 0.29) is 18.6 Å². The highest BCUT2D eigenvalue weighted by Crippen LogP contribution is 2.38. The summed E-state index contributed by atoms with van der Waals surface area (Å²) >= 11 is 0. The monoisotopic (exact) mass is 547 g/mol. The summed E-state index contributed by atoms with van der Waals surface area (Å²) in [7, 11) is 7.59. The maximum Gasteiger partial charge on any atom is 0.247 e. The molecule has 1 aromatic carbocycles. The highest BCUT2D eigenvalue weighted by atomic mass is 16.5. The van der Waals surface area contributed by atoms with Crippen LogP contribution in [0.2, 0.25) is 0 Å². The van der Waals surface area contributed by atoms with Gasteiger partial charge in [0, 0.05) is 45.0 Å². The Morgan fingerprint density at radius 1 is 1.25 bits per heavy atom. The Balaban J connectivity index is 1.62. The third-order valence-corrected chi connectivity index (χ3v) is 6.52. The molecule has 0 radical (unpaired) electrons. The minimum Gasteiger partial charge on any atom is -0.494 e. The van der Waals surface area contributed by atoms with E-state index >= 15 is 0 Å². The Labute approximate surface area is 234 Å². The van der Waals surface area contributed by atoms with Crippen LogP contribution in [0.15, 0.2) is 55.4 Å². The average molecular weight is 548 g/mol. The number of carbonyl (C=O) groups excluding carboxylic acids is 1. The number of methoxy groups -OCH3 is 1. The van der Waals surface area contributed by atoms with Crippen LogP contribution in [0, 0.1) is 0 Å². The Morgan fingerprint density at radius 3 is 2.80 bits per heavy atom. The van der Waals surface area contributed by atoms with E-state index in [2.05, 4.69) is 32.0 Å². The van der Waals surface area contributed by atoms with Crippen molar-refractivity contribution in [2.45, 2.75) is 12.5 Å². The third kappa shape index (κ3) is 6.87. The number of anilines is 4. The Hall–Kier alpha value is -4.19. The van der Waals surface area contributed by atoms with Crippen molar-refractivity contribution in [2.24, 2.45) is 0 Å². The maximum atomic E-state index is 12.3. The highest BCUT2D eigenvalue weighted by molar-refractivity contribution is 6.02. The van der Waals surface area contributed by atoms with Crippen LogP contribution in [0.3, 0.4) is 0 Å². The van der Waals surface area contributed by atoms with Crippen LogP contribution < -0.4 is 20.3 Å². The van der Waals surface area contributed by atoms with Crippen molar-refractivity contribution in [3.8, 4) is 11.6 Å². The first-order chi connectivity index (χ1) is 19.3. The molecule has 0 saturated heterocycles. The molecule has 1 unspecified atom stereocenters. The van der Waals surface area contributed by atoms with Gasteiger partial charge in [0.1, 0.15) is 11.6 Å². The third-order valence-electron chi connectivity index (χ3n) is 6.52. The molecule has 2 aromatic heterocycles. The fourth-order valence-electron chi connectivity index (χ4n) is 4.42. The number of benzene rings is 1. The highest BCUT2D eigenvalue weighted by Gasteiger charge is 2.20. The van der Waals surface area contributed by atoms with Crippen molar-refractivity contribution in [3.63, 3.8) is 0 Å². The minimum atomic E-state index is -0.314. The van der Waals surface area contributed by atoms with Gasteiger partial charge in [0.2, 0.25) is 11.9 Å². The summed E-state index contributed by atoms with van der Waals surface area (Å²) in [4.78, 5) is 25.6. The molecule has 0 spiro atoms. The normalized spacial score (nSPS) is 14.1. The van der Waals surface area contributed by atoms with Gasteiger partial charge < -0.3 is 39.6 Å². The molecule has 4 rings (SSSR count). The number of carbonyl (C=O) groups is 1. The van der Waals surface area contributed by atoms with Gasteiger partial charge in [-0.2, -0.15) is 4.98 Å². The van der Waals surface area contributed by atoms with Gasteiger partial charge in [-0.15, -0.1) is 0 Å². The molecule has 1 atom stereocenters. The molecule has 3 N–H and O–H groups in total. The molecular weight excluding hydrogens is 510 g/mol. The average Bonchev–Trinajstić information content (AvgIpc) is 3.38. The zero-order valence-electron chi connectivity index (χ0n) is 23.4. The molecule has 2 heterocycles. The van der Waals surface area contributed by atoms with Gasteiger partial charge >= 0.3 is 0 Å². The molecule has 1 amide bonds. The van der Waals surface area contributed by atoms with Crippen molar-refractivity contribution < 1.29 is 19.4 Å². The number of aliphatic hydroxyl groups is 1. The summed E-state index contributed by atoms with van der Waals surface area (Å²) in [5, 5.41) is 15.2. The standard InChI is InChI=1S/C29H37N7O4/c1-6-28(38)31-22-18-23(26(39-5)19-25(22)35(4)14-13-34(2)3)32-29-30-11-9-27(33-29)36-12-10-20-17-21(40-16-15-37)7-8-24(20)36/h6-12,18-19,21,37H,1,13-17H2,2-5H3,(H,31,38)(H,30,32,33). The topological polar surface area (TPSA) is 117 Å². The minimum absolute atomic E-state index is 0.00227. The van der Waals surface area contributed by atoms with E-state index in [1.54, 1.807) is 13.3 Å². The number of likely N-dealkylation sites (N-methyl/N-ethyl adjacent to an activating group) is 2. The Morgan fingerprint density at radius 2 is 2.08 bits per heavy atom. The fourth-order valence-corrected chi connectivity index (χ4v) is 4.42. The summed E-state index contributed by atoms with van der Waals surface area (Å²) in [6.45, 7) is 5.47. The number of ether oxygens (including phenoxy) is 2. The fraction of sp³-hybridized carbons (Fsp3) is 0.345. The molecule has 0 fully saturated rings. The number of rotatable bonds is 13. The predicted octanol–water partition coefficient (Wildman–Crippen LogP) is 3.09. The van der Waals surface area contributed by atoms with Crippen molar-refractivity contribution >= 4 is 35.0 Å². The van der Waals surface area contributed by atoms with Crippen LogP contribution in [0.5, 0.6) is 5.75 Å². The van der Waals surface area contributed by atoms with E-state index in [4.69, 9.17) is 19.6 Å². The van der Waals surface area contributed by atoms with Crippen LogP contribution in [0.4, 0.5) is 23.0 Å². The molecule has 212 valence electrons. The lowest BCUT2D eigenvalue weighted by Crippen LogP contribution is -2.29. The van der Waals surface area contributed by atoms with Crippen molar-refractivity contribution in [1.29, 1.82) is 0 Å². The van der Waals surface area contributed by atoms with Crippen LogP contribution in [-0.2, 0) is 16.0 Å². The van der Waals surface area contributed by atoms with Crippen molar-refractivity contribution in [3.05, 3.63) is 66.6 Å². The summed E-state index contributed by atoms with van der Waals surface area (Å²) in [6.07, 6.45) is 9.56. The smallest absolute Gasteiger partial charge is 0.247 e. The summed E-state index contributed by atoms with van der Waals surface area (Å²) in [5.74, 6) is 1.33. The lowest BCUT2D eigenvalue weighted by molar-refractivity contribution is -0.111. The van der Waals surface area contributed by atoms with Gasteiger partial charge in [0.05, 0.1) is 49.2 Å². The summed E-state index contributed by atoms with van der Waals surface area (Å²) in [5.41, 5.74) is 4.17. The molecule has 11 heteroatoms. The van der Waals surface area contributed by atoms with Crippen molar-refractivity contribution in [1.82, 2.24) is 19.4 Å². The quantitative estimate of drug-likeness (QED) is 0.278. The Kier molecular flexibility index (Phi) is 9.54. The van der Waals surface area contributed by atoms with E-state index in [1.165, 1.54) is 6.08 Å². The van der Waals surface area contributed by atoms with Gasteiger partial charge in [-0.05, 0) is 50.0 Å². The predicted molar refractivity (Wildman–Crippen MR) is 158 cm³/mol. The SMILES string of the molecule is C=CC(=O)Nc1cc(Nc2nccc(-n3ccc4c3C=CC(OCCO)C4)n2)c(OC)cc1N(C)CCN(C)C. The van der Waals surface area contributed by atoms with Crippen LogP contribution in [0.25, 0.3) is 11.9 Å². The zero-order valence-corrected chi connectivity index (χ0v) is 23.4. The number of amides is 1. The molecule has 11 nitrogen and oxygen atoms in total. The van der Waals surface area contributed by atoms with Crippen LogP contribution >= 0.6 is 0 Å². The molecule has 3 aromatic rings. The molecule has 1 aliphatic rings. The summed E-state index contributed by atoms with van der Waals surface area (Å²) < 4.78 is 13.4. The van der Waals surface area contributed by atoms with Crippen LogP contribution in [0.1, 0.15) is 11.3 Å². The molecular formula is C29H37N7O4. The largest absolute Gasteiger partial charge is 0.494 e. The van der Waals surface area contributed by atoms with Gasteiger partial charge in [-0.25, -0.2) is 4.98 Å². The number of hydrogen-bond acceptors (Lipinski definition) is 9. The molecule has 0 saturated carbocycles. The van der Waals surface area contributed by atoms with E-state index in [1.807, 2.05) is 68.3 Å². The lowest BCUT2D eigenvalue weighted by atomic mass is 10.0. The van der Waals surface area contributed by atoms with E-state index in [9.17, 15) is 4.79 Å². The first kappa shape index (κ1) is 28.8. The van der Waals surface area contributed by atoms with Crippen LogP contribution in [-0.4, -0.2) is 91.1 Å². The molecule has 0 bridgehead atoms. The van der Waals surface area contributed by atoms with Gasteiger partial charge in [-0.3, -0.25) is 4.79 Å². The van der Waals surface area contributed by atoms with Gasteiger partial charge in [-0.1, -0.05) is 12.7 Å². The lowest BCUT2D eigenvalue weighted by Gasteiger charge is -2.26. The van der Waals surface area contributed by atoms with Crippen molar-refractivity contribution in [2.75, 3.05) is 70.1 Å². The number of aromatic nitrogens is 3. The van der Waals surface area contributed by atoms with E-state index < -0.39 is 0 Å². The first-order valence-corrected chi connectivity index (χ1v) is 13.1. The zero-order chi connectivity index (χ0) is 28.6. The first-order valence-electron chi connectivity index (χ1n) is 13.1. The maximum absolute atomic E-state index is 12.3. The second-order valence-corrected chi connectivity index (χ2v) is 9.64. The van der Waals surface area contributed by atoms with Gasteiger partial charge in [0.25, 0.3) is 0 Å². The number of nitrogens with zero attached hydrogens (tertiary/aromatic N) is 5. The second-order valence-electron chi connectivity index (χ2n) is 9.64. The van der Waals surface area contributed by atoms with E-state index in [0.29, 0.717) is 35.5 Å². The number of fused-ring (bicyclic) bond motifs is 1. The molecule has 40 heavy (non-hydrogen) atoms. The molecule has 1 aliphatic carbocycles. The number of hydrogen-bond donors (Lipinski definition) is 3. The number of nitrogens with one attached hydrogen (secondary N) is 2. The van der Waals surface area contributed by atoms with E-state index in [0.717, 1.165) is 36.5 Å². The number of aliphatic hydroxyl groups excluding tert-OH is 1. The second kappa shape index (κ2) is 13.2.